The van der Waals surface area contributed by atoms with Crippen molar-refractivity contribution in [2.45, 2.75) is 18.9 Å². The molecule has 3 nitrogen and oxygen atoms in total. The predicted octanol–water partition coefficient (Wildman–Crippen LogP) is 4.41. The van der Waals surface area contributed by atoms with Crippen LogP contribution in [0.4, 0.5) is 0 Å². The van der Waals surface area contributed by atoms with Gasteiger partial charge in [-0.15, -0.1) is 0 Å². The Balaban J connectivity index is 1.50. The minimum atomic E-state index is -0.00381. The standard InChI is InChI=1S/C23H24N2O/c26-23(21-13-12-18-8-4-5-11-20(18)16-21)24-17-22(25-14-6-7-15-25)19-9-2-1-3-10-19/h1-5,8-13,16,22H,6-7,14-15,17H2,(H,24,26). The molecule has 1 unspecified atom stereocenters. The third kappa shape index (κ3) is 3.63. The Morgan fingerprint density at radius 1 is 0.885 bits per heavy atom. The van der Waals surface area contributed by atoms with Crippen molar-refractivity contribution in [2.75, 3.05) is 19.6 Å². The van der Waals surface area contributed by atoms with E-state index in [1.54, 1.807) is 0 Å². The van der Waals surface area contributed by atoms with Crippen LogP contribution < -0.4 is 5.32 Å². The number of nitrogens with zero attached hydrogens (tertiary/aromatic N) is 1. The van der Waals surface area contributed by atoms with Crippen molar-refractivity contribution < 1.29 is 4.79 Å². The van der Waals surface area contributed by atoms with Crippen LogP contribution in [-0.4, -0.2) is 30.4 Å². The molecule has 1 N–H and O–H groups in total. The number of amides is 1. The predicted molar refractivity (Wildman–Crippen MR) is 106 cm³/mol. The minimum Gasteiger partial charge on any atom is -0.350 e. The van der Waals surface area contributed by atoms with E-state index in [1.807, 2.05) is 42.5 Å². The molecule has 1 saturated heterocycles. The molecule has 1 atom stereocenters. The van der Waals surface area contributed by atoms with Gasteiger partial charge in [-0.05, 0) is 54.4 Å². The number of fused-ring (bicyclic) bond motifs is 1. The van der Waals surface area contributed by atoms with Crippen molar-refractivity contribution in [3.8, 4) is 0 Å². The van der Waals surface area contributed by atoms with Crippen LogP contribution in [0.25, 0.3) is 10.8 Å². The second-order valence-corrected chi connectivity index (χ2v) is 6.94. The lowest BCUT2D eigenvalue weighted by Crippen LogP contribution is -2.36. The summed E-state index contributed by atoms with van der Waals surface area (Å²) in [4.78, 5) is 15.2. The van der Waals surface area contributed by atoms with E-state index in [0.717, 1.165) is 29.4 Å². The van der Waals surface area contributed by atoms with Gasteiger partial charge in [-0.3, -0.25) is 9.69 Å². The summed E-state index contributed by atoms with van der Waals surface area (Å²) >= 11 is 0. The Hall–Kier alpha value is -2.65. The van der Waals surface area contributed by atoms with E-state index >= 15 is 0 Å². The summed E-state index contributed by atoms with van der Waals surface area (Å²) in [5.74, 6) is -0.00381. The minimum absolute atomic E-state index is 0.00381. The van der Waals surface area contributed by atoms with E-state index in [0.29, 0.717) is 6.54 Å². The molecular formula is C23H24N2O. The van der Waals surface area contributed by atoms with E-state index in [2.05, 4.69) is 40.5 Å². The lowest BCUT2D eigenvalue weighted by Gasteiger charge is -2.28. The van der Waals surface area contributed by atoms with Gasteiger partial charge in [0.15, 0.2) is 0 Å². The van der Waals surface area contributed by atoms with Gasteiger partial charge < -0.3 is 5.32 Å². The quantitative estimate of drug-likeness (QED) is 0.744. The van der Waals surface area contributed by atoms with Gasteiger partial charge in [0, 0.05) is 12.1 Å². The van der Waals surface area contributed by atoms with Gasteiger partial charge >= 0.3 is 0 Å². The smallest absolute Gasteiger partial charge is 0.251 e. The van der Waals surface area contributed by atoms with Crippen molar-refractivity contribution in [3.05, 3.63) is 83.9 Å². The Morgan fingerprint density at radius 2 is 1.58 bits per heavy atom. The van der Waals surface area contributed by atoms with Crippen LogP contribution in [0.3, 0.4) is 0 Å². The molecular weight excluding hydrogens is 320 g/mol. The summed E-state index contributed by atoms with van der Waals surface area (Å²) in [5, 5.41) is 5.41. The van der Waals surface area contributed by atoms with Gasteiger partial charge in [0.25, 0.3) is 5.91 Å². The lowest BCUT2D eigenvalue weighted by molar-refractivity contribution is 0.0938. The molecule has 0 bridgehead atoms. The second kappa shape index (κ2) is 7.71. The van der Waals surface area contributed by atoms with Gasteiger partial charge in [-0.25, -0.2) is 0 Å². The topological polar surface area (TPSA) is 32.3 Å². The molecule has 3 heteroatoms. The molecule has 1 fully saturated rings. The number of carbonyl (C=O) groups excluding carboxylic acids is 1. The largest absolute Gasteiger partial charge is 0.350 e. The lowest BCUT2D eigenvalue weighted by atomic mass is 10.0. The molecule has 4 rings (SSSR count). The third-order valence-electron chi connectivity index (χ3n) is 5.23. The first-order valence-corrected chi connectivity index (χ1v) is 9.37. The molecule has 26 heavy (non-hydrogen) atoms. The average Bonchev–Trinajstić information content (AvgIpc) is 3.23. The molecule has 1 amide bonds. The Morgan fingerprint density at radius 3 is 2.35 bits per heavy atom. The molecule has 3 aromatic carbocycles. The number of rotatable bonds is 5. The van der Waals surface area contributed by atoms with Crippen molar-refractivity contribution in [2.24, 2.45) is 0 Å². The number of hydrogen-bond acceptors (Lipinski definition) is 2. The van der Waals surface area contributed by atoms with Gasteiger partial charge in [0.1, 0.15) is 0 Å². The maximum atomic E-state index is 12.7. The summed E-state index contributed by atoms with van der Waals surface area (Å²) in [5.41, 5.74) is 1.99. The molecule has 0 aromatic heterocycles. The van der Waals surface area contributed by atoms with Crippen LogP contribution in [-0.2, 0) is 0 Å². The number of carbonyl (C=O) groups is 1. The molecule has 3 aromatic rings. The fourth-order valence-electron chi connectivity index (χ4n) is 3.81. The molecule has 0 radical (unpaired) electrons. The summed E-state index contributed by atoms with van der Waals surface area (Å²) in [6.45, 7) is 2.84. The molecule has 0 aliphatic carbocycles. The molecule has 132 valence electrons. The molecule has 1 aliphatic heterocycles. The third-order valence-corrected chi connectivity index (χ3v) is 5.23. The molecule has 0 saturated carbocycles. The Labute approximate surface area is 154 Å². The first-order chi connectivity index (χ1) is 12.8. The van der Waals surface area contributed by atoms with Gasteiger partial charge in [-0.1, -0.05) is 60.7 Å². The van der Waals surface area contributed by atoms with Crippen LogP contribution in [0.15, 0.2) is 72.8 Å². The highest BCUT2D eigenvalue weighted by Gasteiger charge is 2.23. The van der Waals surface area contributed by atoms with Crippen molar-refractivity contribution in [1.82, 2.24) is 10.2 Å². The Kier molecular flexibility index (Phi) is 4.98. The van der Waals surface area contributed by atoms with E-state index < -0.39 is 0 Å². The summed E-state index contributed by atoms with van der Waals surface area (Å²) < 4.78 is 0. The SMILES string of the molecule is O=C(NCC(c1ccccc1)N1CCCC1)c1ccc2ccccc2c1. The second-order valence-electron chi connectivity index (χ2n) is 6.94. The summed E-state index contributed by atoms with van der Waals surface area (Å²) in [6.07, 6.45) is 2.48. The van der Waals surface area contributed by atoms with Crippen molar-refractivity contribution in [3.63, 3.8) is 0 Å². The Bertz CT molecular complexity index is 885. The number of nitrogens with one attached hydrogen (secondary N) is 1. The highest BCUT2D eigenvalue weighted by atomic mass is 16.1. The number of benzene rings is 3. The first kappa shape index (κ1) is 16.8. The zero-order valence-electron chi connectivity index (χ0n) is 14.9. The van der Waals surface area contributed by atoms with E-state index in [1.165, 1.54) is 18.4 Å². The monoisotopic (exact) mass is 344 g/mol. The highest BCUT2D eigenvalue weighted by Crippen LogP contribution is 2.24. The zero-order chi connectivity index (χ0) is 17.8. The van der Waals surface area contributed by atoms with Crippen LogP contribution >= 0.6 is 0 Å². The van der Waals surface area contributed by atoms with Crippen LogP contribution in [0, 0.1) is 0 Å². The molecule has 1 aliphatic rings. The number of likely N-dealkylation sites (tertiary alicyclic amines) is 1. The van der Waals surface area contributed by atoms with Gasteiger partial charge in [-0.2, -0.15) is 0 Å². The van der Waals surface area contributed by atoms with Crippen molar-refractivity contribution >= 4 is 16.7 Å². The normalized spacial score (nSPS) is 15.8. The fraction of sp³-hybridized carbons (Fsp3) is 0.261. The van der Waals surface area contributed by atoms with Crippen molar-refractivity contribution in [1.29, 1.82) is 0 Å². The van der Waals surface area contributed by atoms with E-state index in [9.17, 15) is 4.79 Å². The summed E-state index contributed by atoms with van der Waals surface area (Å²) in [6, 6.07) is 24.8. The maximum absolute atomic E-state index is 12.7. The van der Waals surface area contributed by atoms with Crippen LogP contribution in [0.2, 0.25) is 0 Å². The first-order valence-electron chi connectivity index (χ1n) is 9.37. The maximum Gasteiger partial charge on any atom is 0.251 e. The average molecular weight is 344 g/mol. The highest BCUT2D eigenvalue weighted by molar-refractivity contribution is 5.98. The van der Waals surface area contributed by atoms with Crippen LogP contribution in [0.5, 0.6) is 0 Å². The summed E-state index contributed by atoms with van der Waals surface area (Å²) in [7, 11) is 0. The van der Waals surface area contributed by atoms with E-state index in [-0.39, 0.29) is 11.9 Å². The molecule has 1 heterocycles. The van der Waals surface area contributed by atoms with Gasteiger partial charge in [0.2, 0.25) is 0 Å². The van der Waals surface area contributed by atoms with Crippen LogP contribution in [0.1, 0.15) is 34.8 Å². The number of hydrogen-bond donors (Lipinski definition) is 1. The van der Waals surface area contributed by atoms with Gasteiger partial charge in [0.05, 0.1) is 6.04 Å². The molecule has 0 spiro atoms. The zero-order valence-corrected chi connectivity index (χ0v) is 14.9. The van der Waals surface area contributed by atoms with E-state index in [4.69, 9.17) is 0 Å². The fourth-order valence-corrected chi connectivity index (χ4v) is 3.81.